The number of halogens is 1. The minimum atomic E-state index is -0.919. The Morgan fingerprint density at radius 3 is 2.60 bits per heavy atom. The Hall–Kier alpha value is -0.570. The maximum Gasteiger partial charge on any atom is 0.509 e. The van der Waals surface area contributed by atoms with E-state index in [0.29, 0.717) is 6.54 Å². The topological polar surface area (TPSA) is 73.9 Å². The molecule has 0 spiro atoms. The van der Waals surface area contributed by atoms with E-state index in [0.717, 1.165) is 19.4 Å². The van der Waals surface area contributed by atoms with Crippen LogP contribution in [0, 0.1) is 5.92 Å². The molecule has 0 aromatic heterocycles. The van der Waals surface area contributed by atoms with E-state index < -0.39 is 23.8 Å². The van der Waals surface area contributed by atoms with Crippen molar-refractivity contribution < 1.29 is 23.8 Å². The van der Waals surface area contributed by atoms with Gasteiger partial charge in [0.2, 0.25) is 6.10 Å². The molecule has 0 bridgehead atoms. The molecule has 1 fully saturated rings. The first-order chi connectivity index (χ1) is 9.33. The molecule has 1 aliphatic rings. The van der Waals surface area contributed by atoms with E-state index in [1.54, 1.807) is 20.8 Å². The molecule has 0 radical (unpaired) electrons. The smallest absolute Gasteiger partial charge is 0.457 e. The quantitative estimate of drug-likeness (QED) is 0.444. The maximum atomic E-state index is 12.2. The average molecular weight is 399 g/mol. The summed E-state index contributed by atoms with van der Waals surface area (Å²) in [4.78, 5) is 23.7. The summed E-state index contributed by atoms with van der Waals surface area (Å²) < 4.78 is 15.4. The molecule has 0 amide bonds. The van der Waals surface area contributed by atoms with Crippen LogP contribution in [0.25, 0.3) is 0 Å². The number of hydrogen-bond acceptors (Lipinski definition) is 6. The fourth-order valence-electron chi connectivity index (χ4n) is 2.02. The molecule has 2 unspecified atom stereocenters. The van der Waals surface area contributed by atoms with Crippen molar-refractivity contribution >= 4 is 34.7 Å². The zero-order valence-electron chi connectivity index (χ0n) is 12.1. The number of alkyl halides is 1. The fraction of sp³-hybridized carbons (Fsp3) is 0.846. The lowest BCUT2D eigenvalue weighted by atomic mass is 9.93. The Labute approximate surface area is 133 Å². The lowest BCUT2D eigenvalue weighted by molar-refractivity contribution is -0.170. The van der Waals surface area contributed by atoms with Gasteiger partial charge in [-0.15, -0.1) is 0 Å². The van der Waals surface area contributed by atoms with Gasteiger partial charge in [-0.3, -0.25) is 0 Å². The van der Waals surface area contributed by atoms with Crippen molar-refractivity contribution in [3.63, 3.8) is 0 Å². The molecule has 0 aromatic rings. The van der Waals surface area contributed by atoms with E-state index in [4.69, 9.17) is 14.2 Å². The molecule has 116 valence electrons. The number of carbonyl (C=O) groups excluding carboxylic acids is 2. The third-order valence-electron chi connectivity index (χ3n) is 2.80. The second-order valence-corrected chi connectivity index (χ2v) is 6.30. The first-order valence-electron chi connectivity index (χ1n) is 6.66. The van der Waals surface area contributed by atoms with E-state index in [-0.39, 0.29) is 10.5 Å². The van der Waals surface area contributed by atoms with Gasteiger partial charge in [-0.05, 0) is 62.7 Å². The summed E-state index contributed by atoms with van der Waals surface area (Å²) in [5.74, 6) is -0.600. The largest absolute Gasteiger partial charge is 0.509 e. The second-order valence-electron chi connectivity index (χ2n) is 5.68. The third-order valence-corrected chi connectivity index (χ3v) is 3.11. The van der Waals surface area contributed by atoms with Crippen LogP contribution in [0.4, 0.5) is 4.79 Å². The number of nitrogens with one attached hydrogen (secondary N) is 1. The van der Waals surface area contributed by atoms with Crippen LogP contribution in [-0.2, 0) is 19.0 Å². The first-order valence-corrected chi connectivity index (χ1v) is 8.19. The molecule has 0 aromatic carbocycles. The molecule has 1 rings (SSSR count). The number of carbonyl (C=O) groups is 2. The SMILES string of the molecule is CC(C)(C)OC(=O)C(OC(=O)OCI)C1CCCNC1. The van der Waals surface area contributed by atoms with Gasteiger partial charge in [0.25, 0.3) is 0 Å². The summed E-state index contributed by atoms with van der Waals surface area (Å²) in [6.07, 6.45) is 0.00149. The maximum absolute atomic E-state index is 12.2. The standard InChI is InChI=1S/C13H22INO5/c1-13(2,3)20-11(16)10(19-12(17)18-8-14)9-5-4-6-15-7-9/h9-10,15H,4-8H2,1-3H3. The number of hydrogen-bond donors (Lipinski definition) is 1. The molecule has 2 atom stereocenters. The molecule has 0 saturated carbocycles. The lowest BCUT2D eigenvalue weighted by Gasteiger charge is -2.30. The number of rotatable bonds is 4. The molecule has 7 heteroatoms. The first kappa shape index (κ1) is 17.5. The highest BCUT2D eigenvalue weighted by Gasteiger charge is 2.36. The monoisotopic (exact) mass is 399 g/mol. The van der Waals surface area contributed by atoms with E-state index in [2.05, 4.69) is 5.32 Å². The second kappa shape index (κ2) is 8.02. The molecule has 1 N–H and O–H groups in total. The van der Waals surface area contributed by atoms with Gasteiger partial charge in [-0.2, -0.15) is 0 Å². The molecule has 20 heavy (non-hydrogen) atoms. The highest BCUT2D eigenvalue weighted by atomic mass is 127. The van der Waals surface area contributed by atoms with E-state index in [9.17, 15) is 9.59 Å². The summed E-state index contributed by atoms with van der Waals surface area (Å²) in [5, 5.41) is 3.20. The molecular formula is C13H22INO5. The molecule has 6 nitrogen and oxygen atoms in total. The number of ether oxygens (including phenoxy) is 3. The lowest BCUT2D eigenvalue weighted by Crippen LogP contribution is -2.45. The Morgan fingerprint density at radius 1 is 1.40 bits per heavy atom. The summed E-state index contributed by atoms with van der Waals surface area (Å²) in [5.41, 5.74) is -0.617. The number of esters is 1. The van der Waals surface area contributed by atoms with Crippen LogP contribution < -0.4 is 5.32 Å². The van der Waals surface area contributed by atoms with Crippen LogP contribution >= 0.6 is 22.6 Å². The summed E-state index contributed by atoms with van der Waals surface area (Å²) in [6.45, 7) is 6.88. The highest BCUT2D eigenvalue weighted by molar-refractivity contribution is 14.1. The van der Waals surface area contributed by atoms with Crippen LogP contribution in [0.1, 0.15) is 33.6 Å². The van der Waals surface area contributed by atoms with Crippen molar-refractivity contribution in [2.75, 3.05) is 17.7 Å². The molecule has 1 aliphatic heterocycles. The normalized spacial score (nSPS) is 20.9. The van der Waals surface area contributed by atoms with Crippen molar-refractivity contribution in [3.05, 3.63) is 0 Å². The van der Waals surface area contributed by atoms with Crippen molar-refractivity contribution in [1.82, 2.24) is 5.32 Å². The van der Waals surface area contributed by atoms with Gasteiger partial charge in [-0.1, -0.05) is 0 Å². The van der Waals surface area contributed by atoms with Gasteiger partial charge in [0.05, 0.1) is 0 Å². The summed E-state index contributed by atoms with van der Waals surface area (Å²) >= 11 is 1.89. The van der Waals surface area contributed by atoms with Crippen molar-refractivity contribution in [1.29, 1.82) is 0 Å². The van der Waals surface area contributed by atoms with Crippen LogP contribution in [0.2, 0.25) is 0 Å². The highest BCUT2D eigenvalue weighted by Crippen LogP contribution is 2.21. The predicted molar refractivity (Wildman–Crippen MR) is 81.7 cm³/mol. The Balaban J connectivity index is 2.71. The molecular weight excluding hydrogens is 377 g/mol. The minimum Gasteiger partial charge on any atom is -0.457 e. The fourth-order valence-corrected chi connectivity index (χ4v) is 2.27. The predicted octanol–water partition coefficient (Wildman–Crippen LogP) is 2.24. The zero-order valence-corrected chi connectivity index (χ0v) is 14.3. The van der Waals surface area contributed by atoms with Gasteiger partial charge in [0.1, 0.15) is 10.2 Å². The van der Waals surface area contributed by atoms with Gasteiger partial charge >= 0.3 is 12.1 Å². The van der Waals surface area contributed by atoms with Gasteiger partial charge < -0.3 is 19.5 Å². The molecule has 0 aliphatic carbocycles. The zero-order chi connectivity index (χ0) is 15.2. The van der Waals surface area contributed by atoms with Crippen molar-refractivity contribution in [2.24, 2.45) is 5.92 Å². The average Bonchev–Trinajstić information content (AvgIpc) is 2.35. The van der Waals surface area contributed by atoms with E-state index in [1.165, 1.54) is 0 Å². The van der Waals surface area contributed by atoms with E-state index in [1.807, 2.05) is 22.6 Å². The summed E-state index contributed by atoms with van der Waals surface area (Å²) in [6, 6.07) is 0. The number of piperidine rings is 1. The minimum absolute atomic E-state index is 0.0830. The Morgan fingerprint density at radius 2 is 2.10 bits per heavy atom. The van der Waals surface area contributed by atoms with Crippen molar-refractivity contribution in [3.8, 4) is 0 Å². The van der Waals surface area contributed by atoms with Crippen LogP contribution in [0.15, 0.2) is 0 Å². The van der Waals surface area contributed by atoms with Gasteiger partial charge in [0.15, 0.2) is 0 Å². The molecule has 1 heterocycles. The van der Waals surface area contributed by atoms with Crippen molar-refractivity contribution in [2.45, 2.75) is 45.3 Å². The van der Waals surface area contributed by atoms with Crippen LogP contribution in [-0.4, -0.2) is 41.5 Å². The van der Waals surface area contributed by atoms with Crippen LogP contribution in [0.5, 0.6) is 0 Å². The van der Waals surface area contributed by atoms with Crippen LogP contribution in [0.3, 0.4) is 0 Å². The Bertz CT molecular complexity index is 336. The summed E-state index contributed by atoms with van der Waals surface area (Å²) in [7, 11) is 0. The Kier molecular flexibility index (Phi) is 7.01. The van der Waals surface area contributed by atoms with Gasteiger partial charge in [-0.25, -0.2) is 9.59 Å². The van der Waals surface area contributed by atoms with Gasteiger partial charge in [0, 0.05) is 12.5 Å². The van der Waals surface area contributed by atoms with E-state index >= 15 is 0 Å². The third kappa shape index (κ3) is 6.25. The molecule has 1 saturated heterocycles.